The molecule has 0 saturated carbocycles. The van der Waals surface area contributed by atoms with Crippen LogP contribution in [0.25, 0.3) is 16.6 Å². The number of hydrogen-bond acceptors (Lipinski definition) is 7. The van der Waals surface area contributed by atoms with E-state index >= 15 is 0 Å². The van der Waals surface area contributed by atoms with Gasteiger partial charge in [-0.15, -0.1) is 5.10 Å². The highest BCUT2D eigenvalue weighted by Crippen LogP contribution is 2.50. The summed E-state index contributed by atoms with van der Waals surface area (Å²) >= 11 is 5.40. The monoisotopic (exact) mass is 366 g/mol. The van der Waals surface area contributed by atoms with Crippen molar-refractivity contribution in [2.45, 2.75) is 27.4 Å². The number of aromatic nitrogens is 4. The molecule has 0 aliphatic rings. The van der Waals surface area contributed by atoms with E-state index in [1.807, 2.05) is 39.0 Å². The van der Waals surface area contributed by atoms with Gasteiger partial charge in [-0.1, -0.05) is 11.6 Å². The van der Waals surface area contributed by atoms with Gasteiger partial charge in [-0.25, -0.2) is 0 Å². The zero-order chi connectivity index (χ0) is 17.2. The predicted molar refractivity (Wildman–Crippen MR) is 95.4 cm³/mol. The number of tetrazole rings is 1. The fourth-order valence-electron chi connectivity index (χ4n) is 2.47. The molecule has 0 N–H and O–H groups in total. The lowest BCUT2D eigenvalue weighted by Gasteiger charge is -2.20. The number of nitrogens with zero attached hydrogens (tertiary/aromatic N) is 4. The normalized spacial score (nSPS) is 12.3. The summed E-state index contributed by atoms with van der Waals surface area (Å²) in [5, 5.41) is 13.0. The minimum atomic E-state index is -2.76. The van der Waals surface area contributed by atoms with Gasteiger partial charge in [0.2, 0.25) is 0 Å². The molecule has 0 aliphatic heterocycles. The van der Waals surface area contributed by atoms with Crippen molar-refractivity contribution in [3.8, 4) is 0 Å². The Labute approximate surface area is 145 Å². The lowest BCUT2D eigenvalue weighted by molar-refractivity contribution is 0.161. The van der Waals surface area contributed by atoms with E-state index < -0.39 is 6.72 Å². The van der Waals surface area contributed by atoms with E-state index in [0.717, 1.165) is 22.0 Å². The molecule has 2 heterocycles. The van der Waals surface area contributed by atoms with Crippen LogP contribution < -0.4 is 0 Å². The van der Waals surface area contributed by atoms with E-state index in [-0.39, 0.29) is 6.61 Å². The summed E-state index contributed by atoms with van der Waals surface area (Å²) in [7, 11) is 0. The fourth-order valence-corrected chi connectivity index (χ4v) is 4.41. The summed E-state index contributed by atoms with van der Waals surface area (Å²) in [6.07, 6.45) is 0. The van der Waals surface area contributed by atoms with Crippen LogP contribution in [0.2, 0.25) is 0 Å². The first kappa shape index (κ1) is 17.4. The SMILES string of the molecule is CCOP(=S)(OCC)OCc1cc2cc(C)ccc2n2nnnc12. The second-order valence-electron chi connectivity index (χ2n) is 5.20. The first-order valence-corrected chi connectivity index (χ1v) is 10.3. The molecule has 0 unspecified atom stereocenters. The second kappa shape index (κ2) is 7.21. The smallest absolute Gasteiger partial charge is 0.309 e. The molecule has 9 heteroatoms. The van der Waals surface area contributed by atoms with Gasteiger partial charge in [0.05, 0.1) is 25.3 Å². The molecule has 2 aromatic heterocycles. The average Bonchev–Trinajstić information content (AvgIpc) is 3.02. The van der Waals surface area contributed by atoms with Crippen molar-refractivity contribution < 1.29 is 13.6 Å². The van der Waals surface area contributed by atoms with E-state index in [1.165, 1.54) is 0 Å². The summed E-state index contributed by atoms with van der Waals surface area (Å²) in [6, 6.07) is 8.14. The minimum Gasteiger partial charge on any atom is -0.309 e. The number of pyridine rings is 1. The molecule has 0 fully saturated rings. The molecule has 0 saturated heterocycles. The molecule has 3 rings (SSSR count). The molecule has 24 heavy (non-hydrogen) atoms. The number of rotatable bonds is 7. The van der Waals surface area contributed by atoms with Crippen LogP contribution in [0.1, 0.15) is 25.0 Å². The Morgan fingerprint density at radius 3 is 2.58 bits per heavy atom. The van der Waals surface area contributed by atoms with Crippen molar-refractivity contribution in [1.82, 2.24) is 20.0 Å². The molecule has 0 bridgehead atoms. The largest absolute Gasteiger partial charge is 0.327 e. The summed E-state index contributed by atoms with van der Waals surface area (Å²) in [5.41, 5.74) is 3.58. The van der Waals surface area contributed by atoms with Gasteiger partial charge in [-0.05, 0) is 61.2 Å². The number of aryl methyl sites for hydroxylation is 1. The summed E-state index contributed by atoms with van der Waals surface area (Å²) in [4.78, 5) is 0. The molecule has 7 nitrogen and oxygen atoms in total. The third-order valence-corrected chi connectivity index (χ3v) is 5.99. The highest BCUT2D eigenvalue weighted by atomic mass is 32.5. The van der Waals surface area contributed by atoms with Gasteiger partial charge in [0, 0.05) is 10.9 Å². The van der Waals surface area contributed by atoms with E-state index in [1.54, 1.807) is 4.52 Å². The van der Waals surface area contributed by atoms with Crippen molar-refractivity contribution in [3.05, 3.63) is 35.4 Å². The third kappa shape index (κ3) is 3.48. The maximum atomic E-state index is 5.83. The minimum absolute atomic E-state index is 0.227. The standard InChI is InChI=1S/C15H19N4O3PS/c1-4-20-23(24,21-5-2)22-10-13-9-12-8-11(3)6-7-14(12)19-15(13)16-17-18-19/h6-9H,4-5,10H2,1-3H3. The molecule has 0 radical (unpaired) electrons. The van der Waals surface area contributed by atoms with Crippen LogP contribution in [-0.4, -0.2) is 33.3 Å². The lowest BCUT2D eigenvalue weighted by Crippen LogP contribution is -2.02. The van der Waals surface area contributed by atoms with Gasteiger partial charge >= 0.3 is 6.72 Å². The van der Waals surface area contributed by atoms with Crippen molar-refractivity contribution in [2.75, 3.05) is 13.2 Å². The van der Waals surface area contributed by atoms with Gasteiger partial charge in [-0.3, -0.25) is 0 Å². The number of benzene rings is 1. The van der Waals surface area contributed by atoms with E-state index in [9.17, 15) is 0 Å². The van der Waals surface area contributed by atoms with Crippen LogP contribution >= 0.6 is 6.72 Å². The molecule has 128 valence electrons. The van der Waals surface area contributed by atoms with E-state index in [2.05, 4.69) is 21.6 Å². The van der Waals surface area contributed by atoms with Gasteiger partial charge in [0.15, 0.2) is 5.65 Å². The molecule has 1 aromatic carbocycles. The van der Waals surface area contributed by atoms with E-state index in [0.29, 0.717) is 18.9 Å². The highest BCUT2D eigenvalue weighted by Gasteiger charge is 2.21. The van der Waals surface area contributed by atoms with Crippen molar-refractivity contribution in [3.63, 3.8) is 0 Å². The number of hydrogen-bond donors (Lipinski definition) is 0. The molecule has 0 spiro atoms. The highest BCUT2D eigenvalue weighted by molar-refractivity contribution is 8.07. The van der Waals surface area contributed by atoms with Crippen LogP contribution in [-0.2, 0) is 32.0 Å². The Hall–Kier alpha value is -1.44. The van der Waals surface area contributed by atoms with Crippen LogP contribution in [0.5, 0.6) is 0 Å². The molecular formula is C15H19N4O3PS. The molecule has 0 amide bonds. The average molecular weight is 366 g/mol. The first-order chi connectivity index (χ1) is 11.6. The molecule has 3 aromatic rings. The van der Waals surface area contributed by atoms with Gasteiger partial charge in [0.1, 0.15) is 0 Å². The Balaban J connectivity index is 1.98. The van der Waals surface area contributed by atoms with Crippen molar-refractivity contribution >= 4 is 35.1 Å². The maximum absolute atomic E-state index is 5.83. The van der Waals surface area contributed by atoms with Crippen LogP contribution in [0.4, 0.5) is 0 Å². The predicted octanol–water partition coefficient (Wildman–Crippen LogP) is 3.40. The van der Waals surface area contributed by atoms with Crippen LogP contribution in [0.15, 0.2) is 24.3 Å². The van der Waals surface area contributed by atoms with Gasteiger partial charge in [-0.2, -0.15) is 4.52 Å². The number of fused-ring (bicyclic) bond motifs is 3. The molecule has 0 atom stereocenters. The van der Waals surface area contributed by atoms with Gasteiger partial charge in [0.25, 0.3) is 0 Å². The van der Waals surface area contributed by atoms with Crippen LogP contribution in [0.3, 0.4) is 0 Å². The Bertz CT molecular complexity index is 904. The zero-order valence-corrected chi connectivity index (χ0v) is 15.5. The molecular weight excluding hydrogens is 347 g/mol. The van der Waals surface area contributed by atoms with E-state index in [4.69, 9.17) is 25.4 Å². The van der Waals surface area contributed by atoms with Gasteiger partial charge < -0.3 is 13.6 Å². The third-order valence-electron chi connectivity index (χ3n) is 3.45. The van der Waals surface area contributed by atoms with Crippen LogP contribution in [0, 0.1) is 6.92 Å². The zero-order valence-electron chi connectivity index (χ0n) is 13.8. The molecule has 0 aliphatic carbocycles. The summed E-state index contributed by atoms with van der Waals surface area (Å²) < 4.78 is 18.6. The topological polar surface area (TPSA) is 70.8 Å². The van der Waals surface area contributed by atoms with Crippen molar-refractivity contribution in [1.29, 1.82) is 0 Å². The Morgan fingerprint density at radius 2 is 1.88 bits per heavy atom. The maximum Gasteiger partial charge on any atom is 0.327 e. The fraction of sp³-hybridized carbons (Fsp3) is 0.400. The quantitative estimate of drug-likeness (QED) is 0.594. The lowest BCUT2D eigenvalue weighted by atomic mass is 10.1. The van der Waals surface area contributed by atoms with Crippen molar-refractivity contribution in [2.24, 2.45) is 0 Å². The Morgan fingerprint density at radius 1 is 1.12 bits per heavy atom. The first-order valence-electron chi connectivity index (χ1n) is 7.70. The second-order valence-corrected chi connectivity index (χ2v) is 8.21. The summed E-state index contributed by atoms with van der Waals surface area (Å²) in [6.45, 7) is 4.12. The Kier molecular flexibility index (Phi) is 5.22. The summed E-state index contributed by atoms with van der Waals surface area (Å²) in [5.74, 6) is 0.